The second-order valence-electron chi connectivity index (χ2n) is 4.67. The lowest BCUT2D eigenvalue weighted by Gasteiger charge is -2.18. The average Bonchev–Trinajstić information content (AvgIpc) is 2.53. The summed E-state index contributed by atoms with van der Waals surface area (Å²) in [4.78, 5) is 26.4. The van der Waals surface area contributed by atoms with E-state index in [9.17, 15) is 14.9 Å². The van der Waals surface area contributed by atoms with Crippen LogP contribution in [-0.4, -0.2) is 43.0 Å². The molecule has 0 saturated heterocycles. The van der Waals surface area contributed by atoms with Crippen molar-refractivity contribution in [1.82, 2.24) is 15.2 Å². The molecule has 1 heterocycles. The van der Waals surface area contributed by atoms with Gasteiger partial charge in [0, 0.05) is 16.9 Å². The SMILES string of the molecule is O=C(Nc1nccnn1)C(/C=C1\CCCCC1[N+](=O)[O-])=N/O. The van der Waals surface area contributed by atoms with E-state index in [1.165, 1.54) is 18.5 Å². The molecule has 0 spiro atoms. The largest absolute Gasteiger partial charge is 0.410 e. The summed E-state index contributed by atoms with van der Waals surface area (Å²) in [5.74, 6) is -0.822. The predicted octanol–water partition coefficient (Wildman–Crippen LogP) is 0.786. The molecule has 0 aromatic carbocycles. The number of amides is 1. The van der Waals surface area contributed by atoms with Gasteiger partial charge in [-0.2, -0.15) is 5.10 Å². The molecular weight excluding hydrogens is 292 g/mol. The summed E-state index contributed by atoms with van der Waals surface area (Å²) in [6.07, 6.45) is 6.36. The van der Waals surface area contributed by atoms with E-state index in [1.54, 1.807) is 0 Å². The van der Waals surface area contributed by atoms with Gasteiger partial charge in [0.15, 0.2) is 5.71 Å². The Kier molecular flexibility index (Phi) is 5.07. The lowest BCUT2D eigenvalue weighted by Crippen LogP contribution is -2.28. The Balaban J connectivity index is 2.15. The highest BCUT2D eigenvalue weighted by molar-refractivity contribution is 6.46. The number of carbonyl (C=O) groups is 1. The first kappa shape index (κ1) is 15.5. The van der Waals surface area contributed by atoms with Crippen LogP contribution in [0.1, 0.15) is 25.7 Å². The van der Waals surface area contributed by atoms with Gasteiger partial charge in [-0.3, -0.25) is 20.2 Å². The molecule has 10 nitrogen and oxygen atoms in total. The first-order valence-electron chi connectivity index (χ1n) is 6.63. The zero-order chi connectivity index (χ0) is 15.9. The molecule has 116 valence electrons. The number of oxime groups is 1. The van der Waals surface area contributed by atoms with E-state index < -0.39 is 11.9 Å². The van der Waals surface area contributed by atoms with Gasteiger partial charge in [-0.05, 0) is 25.3 Å². The molecule has 2 N–H and O–H groups in total. The molecule has 1 aliphatic rings. The van der Waals surface area contributed by atoms with Crippen LogP contribution < -0.4 is 5.32 Å². The van der Waals surface area contributed by atoms with Crippen LogP contribution in [0.3, 0.4) is 0 Å². The summed E-state index contributed by atoms with van der Waals surface area (Å²) >= 11 is 0. The van der Waals surface area contributed by atoms with Crippen LogP contribution in [-0.2, 0) is 4.79 Å². The smallest absolute Gasteiger partial charge is 0.280 e. The number of nitrogens with zero attached hydrogens (tertiary/aromatic N) is 5. The minimum atomic E-state index is -0.854. The molecule has 0 aliphatic heterocycles. The quantitative estimate of drug-likeness (QED) is 0.362. The predicted molar refractivity (Wildman–Crippen MR) is 75.0 cm³/mol. The molecule has 1 unspecified atom stereocenters. The molecule has 1 aliphatic carbocycles. The Morgan fingerprint density at radius 1 is 1.50 bits per heavy atom. The Morgan fingerprint density at radius 3 is 2.95 bits per heavy atom. The van der Waals surface area contributed by atoms with E-state index in [0.717, 1.165) is 12.8 Å². The molecule has 2 rings (SSSR count). The number of aromatic nitrogens is 3. The number of nitrogens with one attached hydrogen (secondary N) is 1. The van der Waals surface area contributed by atoms with Crippen LogP contribution >= 0.6 is 0 Å². The summed E-state index contributed by atoms with van der Waals surface area (Å²) in [6, 6.07) is -0.854. The van der Waals surface area contributed by atoms with E-state index in [-0.39, 0.29) is 16.6 Å². The fourth-order valence-electron chi connectivity index (χ4n) is 2.21. The van der Waals surface area contributed by atoms with Crippen molar-refractivity contribution in [3.63, 3.8) is 0 Å². The third-order valence-electron chi connectivity index (χ3n) is 3.25. The second kappa shape index (κ2) is 7.20. The Hall–Kier alpha value is -2.91. The van der Waals surface area contributed by atoms with Crippen LogP contribution in [0.5, 0.6) is 0 Å². The number of rotatable bonds is 4. The normalized spacial score (nSPS) is 20.6. The summed E-state index contributed by atoms with van der Waals surface area (Å²) in [5.41, 5.74) is 0.127. The minimum absolute atomic E-state index is 0.0541. The summed E-state index contributed by atoms with van der Waals surface area (Å²) < 4.78 is 0. The van der Waals surface area contributed by atoms with Crippen LogP contribution in [0.4, 0.5) is 5.95 Å². The highest BCUT2D eigenvalue weighted by Gasteiger charge is 2.29. The molecule has 0 radical (unpaired) electrons. The number of nitro groups is 1. The molecule has 1 atom stereocenters. The maximum absolute atomic E-state index is 12.0. The van der Waals surface area contributed by atoms with Crippen molar-refractivity contribution in [3.05, 3.63) is 34.2 Å². The van der Waals surface area contributed by atoms with Crippen molar-refractivity contribution in [2.45, 2.75) is 31.7 Å². The van der Waals surface area contributed by atoms with Gasteiger partial charge in [-0.1, -0.05) is 5.16 Å². The van der Waals surface area contributed by atoms with Crippen molar-refractivity contribution in [2.24, 2.45) is 5.16 Å². The lowest BCUT2D eigenvalue weighted by molar-refractivity contribution is -0.514. The van der Waals surface area contributed by atoms with Gasteiger partial charge in [0.25, 0.3) is 5.91 Å². The van der Waals surface area contributed by atoms with Crippen molar-refractivity contribution < 1.29 is 14.9 Å². The van der Waals surface area contributed by atoms with Gasteiger partial charge >= 0.3 is 0 Å². The summed E-state index contributed by atoms with van der Waals surface area (Å²) in [7, 11) is 0. The van der Waals surface area contributed by atoms with Crippen LogP contribution in [0.15, 0.2) is 29.2 Å². The molecule has 1 fully saturated rings. The number of hydrogen-bond acceptors (Lipinski definition) is 8. The lowest BCUT2D eigenvalue weighted by atomic mass is 9.89. The maximum atomic E-state index is 12.0. The van der Waals surface area contributed by atoms with Crippen LogP contribution in [0.25, 0.3) is 0 Å². The van der Waals surface area contributed by atoms with Gasteiger partial charge in [-0.25, -0.2) is 4.98 Å². The highest BCUT2D eigenvalue weighted by atomic mass is 16.6. The van der Waals surface area contributed by atoms with Crippen molar-refractivity contribution in [2.75, 3.05) is 5.32 Å². The van der Waals surface area contributed by atoms with E-state index in [1.807, 2.05) is 0 Å². The first-order valence-corrected chi connectivity index (χ1v) is 6.63. The number of carbonyl (C=O) groups excluding carboxylic acids is 1. The molecule has 10 heteroatoms. The molecule has 1 aromatic rings. The van der Waals surface area contributed by atoms with Gasteiger partial charge in [-0.15, -0.1) is 5.10 Å². The van der Waals surface area contributed by atoms with E-state index in [0.29, 0.717) is 18.4 Å². The molecule has 1 saturated carbocycles. The Bertz CT molecular complexity index is 615. The Morgan fingerprint density at radius 2 is 2.32 bits per heavy atom. The van der Waals surface area contributed by atoms with Gasteiger partial charge in [0.1, 0.15) is 0 Å². The summed E-state index contributed by atoms with van der Waals surface area (Å²) in [5, 5.41) is 32.3. The van der Waals surface area contributed by atoms with Gasteiger partial charge in [0.2, 0.25) is 12.0 Å². The number of anilines is 1. The topological polar surface area (TPSA) is 144 Å². The Labute approximate surface area is 125 Å². The molecular formula is C12H14N6O4. The van der Waals surface area contributed by atoms with Crippen molar-refractivity contribution in [1.29, 1.82) is 0 Å². The van der Waals surface area contributed by atoms with Crippen molar-refractivity contribution in [3.8, 4) is 0 Å². The molecule has 1 amide bonds. The second-order valence-corrected chi connectivity index (χ2v) is 4.67. The third-order valence-corrected chi connectivity index (χ3v) is 3.25. The fraction of sp³-hybridized carbons (Fsp3) is 0.417. The van der Waals surface area contributed by atoms with Gasteiger partial charge in [0.05, 0.1) is 12.4 Å². The minimum Gasteiger partial charge on any atom is -0.410 e. The molecule has 1 aromatic heterocycles. The molecule has 0 bridgehead atoms. The summed E-state index contributed by atoms with van der Waals surface area (Å²) in [6.45, 7) is 0. The van der Waals surface area contributed by atoms with E-state index in [4.69, 9.17) is 5.21 Å². The zero-order valence-electron chi connectivity index (χ0n) is 11.5. The first-order chi connectivity index (χ1) is 10.6. The number of hydrogen-bond donors (Lipinski definition) is 2. The standard InChI is InChI=1S/C12H14N6O4/c19-11(15-12-13-5-6-14-16-12)9(17-20)7-8-3-1-2-4-10(8)18(21)22/h5-7,10,20H,1-4H2,(H,13,15,16,19)/b8-7+,17-9+. The zero-order valence-corrected chi connectivity index (χ0v) is 11.5. The highest BCUT2D eigenvalue weighted by Crippen LogP contribution is 2.25. The van der Waals surface area contributed by atoms with Crippen molar-refractivity contribution >= 4 is 17.6 Å². The average molecular weight is 306 g/mol. The maximum Gasteiger partial charge on any atom is 0.280 e. The third kappa shape index (κ3) is 3.81. The van der Waals surface area contributed by atoms with Crippen LogP contribution in [0.2, 0.25) is 0 Å². The monoisotopic (exact) mass is 306 g/mol. The molecule has 22 heavy (non-hydrogen) atoms. The van der Waals surface area contributed by atoms with Gasteiger partial charge < -0.3 is 5.21 Å². The van der Waals surface area contributed by atoms with E-state index >= 15 is 0 Å². The van der Waals surface area contributed by atoms with E-state index in [2.05, 4.69) is 25.7 Å². The van der Waals surface area contributed by atoms with Crippen LogP contribution in [0, 0.1) is 10.1 Å². The fourth-order valence-corrected chi connectivity index (χ4v) is 2.21.